The van der Waals surface area contributed by atoms with Crippen molar-refractivity contribution in [3.05, 3.63) is 76.2 Å². The molecule has 0 radical (unpaired) electrons. The number of nitrogens with zero attached hydrogens (tertiary/aromatic N) is 1. The largest absolute Gasteiger partial charge is 0.451 e. The maximum Gasteiger partial charge on any atom is 0.355 e. The molecule has 2 aromatic carbocycles. The molecule has 0 spiro atoms. The Hall–Kier alpha value is -3.06. The summed E-state index contributed by atoms with van der Waals surface area (Å²) in [6, 6.07) is 16.4. The first-order chi connectivity index (χ1) is 13.5. The molecule has 3 aromatic rings. The molecule has 1 aromatic heterocycles. The van der Waals surface area contributed by atoms with E-state index >= 15 is 0 Å². The van der Waals surface area contributed by atoms with Crippen LogP contribution < -0.4 is 5.56 Å². The van der Waals surface area contributed by atoms with Crippen molar-refractivity contribution in [2.75, 3.05) is 19.9 Å². The smallest absolute Gasteiger partial charge is 0.355 e. The van der Waals surface area contributed by atoms with E-state index in [0.717, 1.165) is 10.5 Å². The summed E-state index contributed by atoms with van der Waals surface area (Å²) in [4.78, 5) is 41.7. The number of thioether (sulfide) groups is 1. The molecule has 6 nitrogen and oxygen atoms in total. The lowest BCUT2D eigenvalue weighted by atomic mass is 10.1. The number of carbonyl (C=O) groups is 2. The predicted octanol–water partition coefficient (Wildman–Crippen LogP) is 3.07. The number of esters is 1. The van der Waals surface area contributed by atoms with Gasteiger partial charge in [0.15, 0.2) is 6.61 Å². The standard InChI is InChI=1S/C21H20N2O4S/c1-23(12-14-7-9-16(28-2)10-8-14)19(24)13-27-21(26)18-11-15-5-3-4-6-17(15)20(25)22-18/h3-11H,12-13H2,1-2H3,(H,22,25). The SMILES string of the molecule is CSc1ccc(CN(C)C(=O)COC(=O)c2cc3ccccc3c(=O)[nH]2)cc1. The number of H-pyrrole nitrogens is 1. The number of pyridine rings is 1. The van der Waals surface area contributed by atoms with E-state index in [0.29, 0.717) is 17.3 Å². The maximum atomic E-state index is 12.3. The highest BCUT2D eigenvalue weighted by Gasteiger charge is 2.15. The van der Waals surface area contributed by atoms with Crippen LogP contribution in [0.4, 0.5) is 0 Å². The molecule has 3 rings (SSSR count). The summed E-state index contributed by atoms with van der Waals surface area (Å²) in [5.41, 5.74) is 0.632. The van der Waals surface area contributed by atoms with Crippen molar-refractivity contribution in [3.63, 3.8) is 0 Å². The predicted molar refractivity (Wildman–Crippen MR) is 110 cm³/mol. The molecule has 0 aliphatic carbocycles. The summed E-state index contributed by atoms with van der Waals surface area (Å²) < 4.78 is 5.09. The van der Waals surface area contributed by atoms with Crippen LogP contribution in [0, 0.1) is 0 Å². The Labute approximate surface area is 166 Å². The fourth-order valence-corrected chi connectivity index (χ4v) is 3.14. The molecule has 7 heteroatoms. The van der Waals surface area contributed by atoms with Gasteiger partial charge < -0.3 is 14.6 Å². The summed E-state index contributed by atoms with van der Waals surface area (Å²) in [6.45, 7) is 0.0188. The van der Waals surface area contributed by atoms with Crippen LogP contribution in [0.2, 0.25) is 0 Å². The molecule has 0 saturated heterocycles. The third kappa shape index (κ3) is 4.61. The number of carbonyl (C=O) groups excluding carboxylic acids is 2. The number of hydrogen-bond donors (Lipinski definition) is 1. The summed E-state index contributed by atoms with van der Waals surface area (Å²) in [7, 11) is 1.65. The highest BCUT2D eigenvalue weighted by molar-refractivity contribution is 7.98. The molecule has 1 N–H and O–H groups in total. The van der Waals surface area contributed by atoms with Crippen molar-refractivity contribution in [2.24, 2.45) is 0 Å². The van der Waals surface area contributed by atoms with Crippen LogP contribution in [-0.4, -0.2) is 41.7 Å². The Morgan fingerprint density at radius 3 is 2.54 bits per heavy atom. The van der Waals surface area contributed by atoms with E-state index in [1.165, 1.54) is 4.90 Å². The zero-order valence-corrected chi connectivity index (χ0v) is 16.4. The Morgan fingerprint density at radius 1 is 1.11 bits per heavy atom. The molecule has 28 heavy (non-hydrogen) atoms. The molecule has 0 fully saturated rings. The van der Waals surface area contributed by atoms with E-state index in [1.807, 2.05) is 30.5 Å². The number of ether oxygens (including phenoxy) is 1. The maximum absolute atomic E-state index is 12.3. The zero-order valence-electron chi connectivity index (χ0n) is 15.6. The van der Waals surface area contributed by atoms with Crippen molar-refractivity contribution in [3.8, 4) is 0 Å². The Kier molecular flexibility index (Phi) is 6.16. The number of fused-ring (bicyclic) bond motifs is 1. The molecule has 0 unspecified atom stereocenters. The van der Waals surface area contributed by atoms with Gasteiger partial charge in [-0.05, 0) is 41.5 Å². The first kappa shape index (κ1) is 19.7. The normalized spacial score (nSPS) is 10.6. The topological polar surface area (TPSA) is 79.5 Å². The van der Waals surface area contributed by atoms with E-state index in [9.17, 15) is 14.4 Å². The number of hydrogen-bond acceptors (Lipinski definition) is 5. The number of aromatic nitrogens is 1. The number of likely N-dealkylation sites (N-methyl/N-ethyl adjacent to an activating group) is 1. The first-order valence-electron chi connectivity index (χ1n) is 8.64. The zero-order chi connectivity index (χ0) is 20.1. The second-order valence-electron chi connectivity index (χ2n) is 6.27. The lowest BCUT2D eigenvalue weighted by molar-refractivity contribution is -0.133. The van der Waals surface area contributed by atoms with Crippen LogP contribution in [0.5, 0.6) is 0 Å². The van der Waals surface area contributed by atoms with Gasteiger partial charge in [0.2, 0.25) is 0 Å². The average Bonchev–Trinajstić information content (AvgIpc) is 2.72. The van der Waals surface area contributed by atoms with Crippen LogP contribution in [0.25, 0.3) is 10.8 Å². The monoisotopic (exact) mass is 396 g/mol. The van der Waals surface area contributed by atoms with Crippen molar-refractivity contribution in [2.45, 2.75) is 11.4 Å². The number of aromatic amines is 1. The molecular weight excluding hydrogens is 376 g/mol. The van der Waals surface area contributed by atoms with Crippen LogP contribution in [0.15, 0.2) is 64.3 Å². The van der Waals surface area contributed by atoms with Crippen molar-refractivity contribution in [1.29, 1.82) is 0 Å². The number of benzene rings is 2. The van der Waals surface area contributed by atoms with E-state index in [2.05, 4.69) is 4.98 Å². The van der Waals surface area contributed by atoms with Gasteiger partial charge >= 0.3 is 5.97 Å². The Bertz CT molecular complexity index is 1060. The van der Waals surface area contributed by atoms with Gasteiger partial charge in [0.25, 0.3) is 11.5 Å². The number of nitrogens with one attached hydrogen (secondary N) is 1. The van der Waals surface area contributed by atoms with Crippen LogP contribution >= 0.6 is 11.8 Å². The van der Waals surface area contributed by atoms with Gasteiger partial charge in [-0.15, -0.1) is 11.8 Å². The van der Waals surface area contributed by atoms with Crippen LogP contribution in [0.1, 0.15) is 16.1 Å². The molecule has 0 saturated carbocycles. The van der Waals surface area contributed by atoms with E-state index < -0.39 is 12.6 Å². The number of amides is 1. The number of rotatable bonds is 6. The molecule has 0 bridgehead atoms. The molecule has 1 heterocycles. The lowest BCUT2D eigenvalue weighted by Gasteiger charge is -2.17. The quantitative estimate of drug-likeness (QED) is 0.512. The van der Waals surface area contributed by atoms with E-state index in [1.54, 1.807) is 49.1 Å². The lowest BCUT2D eigenvalue weighted by Crippen LogP contribution is -2.31. The van der Waals surface area contributed by atoms with Gasteiger partial charge in [-0.1, -0.05) is 30.3 Å². The summed E-state index contributed by atoms with van der Waals surface area (Å²) in [6.07, 6.45) is 2.00. The minimum Gasteiger partial charge on any atom is -0.451 e. The van der Waals surface area contributed by atoms with Crippen molar-refractivity contribution < 1.29 is 14.3 Å². The molecule has 0 aliphatic heterocycles. The molecule has 144 valence electrons. The molecule has 1 amide bonds. The van der Waals surface area contributed by atoms with Crippen molar-refractivity contribution >= 4 is 34.4 Å². The van der Waals surface area contributed by atoms with Crippen LogP contribution in [0.3, 0.4) is 0 Å². The minimum absolute atomic E-state index is 0.0202. The Balaban J connectivity index is 1.60. The summed E-state index contributed by atoms with van der Waals surface area (Å²) in [5.74, 6) is -1.07. The van der Waals surface area contributed by atoms with Gasteiger partial charge in [0.05, 0.1) is 0 Å². The highest BCUT2D eigenvalue weighted by atomic mass is 32.2. The second-order valence-corrected chi connectivity index (χ2v) is 7.15. The highest BCUT2D eigenvalue weighted by Crippen LogP contribution is 2.15. The second kappa shape index (κ2) is 8.75. The van der Waals surface area contributed by atoms with Gasteiger partial charge in [0.1, 0.15) is 5.69 Å². The van der Waals surface area contributed by atoms with E-state index in [4.69, 9.17) is 4.74 Å². The van der Waals surface area contributed by atoms with Crippen LogP contribution in [-0.2, 0) is 16.1 Å². The first-order valence-corrected chi connectivity index (χ1v) is 9.86. The average molecular weight is 396 g/mol. The van der Waals surface area contributed by atoms with E-state index in [-0.39, 0.29) is 17.2 Å². The third-order valence-electron chi connectivity index (χ3n) is 4.30. The summed E-state index contributed by atoms with van der Waals surface area (Å²) >= 11 is 1.65. The van der Waals surface area contributed by atoms with Gasteiger partial charge in [-0.3, -0.25) is 9.59 Å². The molecule has 0 aliphatic rings. The summed E-state index contributed by atoms with van der Waals surface area (Å²) in [5, 5.41) is 1.12. The fourth-order valence-electron chi connectivity index (χ4n) is 2.73. The molecule has 0 atom stereocenters. The third-order valence-corrected chi connectivity index (χ3v) is 5.05. The Morgan fingerprint density at radius 2 is 1.82 bits per heavy atom. The van der Waals surface area contributed by atoms with Gasteiger partial charge in [-0.25, -0.2) is 4.79 Å². The molecular formula is C21H20N2O4S. The van der Waals surface area contributed by atoms with Crippen molar-refractivity contribution in [1.82, 2.24) is 9.88 Å². The minimum atomic E-state index is -0.742. The van der Waals surface area contributed by atoms with Gasteiger partial charge in [-0.2, -0.15) is 0 Å². The van der Waals surface area contributed by atoms with Gasteiger partial charge in [0, 0.05) is 23.9 Å². The fraction of sp³-hybridized carbons (Fsp3) is 0.190.